The van der Waals surface area contributed by atoms with E-state index >= 15 is 0 Å². The van der Waals surface area contributed by atoms with Crippen molar-refractivity contribution in [1.29, 1.82) is 0 Å². The molecule has 0 aliphatic carbocycles. The van der Waals surface area contributed by atoms with Gasteiger partial charge < -0.3 is 10.6 Å². The van der Waals surface area contributed by atoms with Gasteiger partial charge >= 0.3 is 0 Å². The minimum atomic E-state index is -3.18. The fraction of sp³-hybridized carbons (Fsp3) is 0.833. The van der Waals surface area contributed by atoms with E-state index in [1.165, 1.54) is 6.92 Å². The third kappa shape index (κ3) is 4.33. The van der Waals surface area contributed by atoms with Crippen molar-refractivity contribution in [3.05, 3.63) is 0 Å². The fourth-order valence-electron chi connectivity index (χ4n) is 0.742. The van der Waals surface area contributed by atoms with Crippen LogP contribution in [0.25, 0.3) is 0 Å². The van der Waals surface area contributed by atoms with E-state index in [0.29, 0.717) is 4.90 Å². The molecule has 0 bridgehead atoms. The number of carbonyl (C=O) groups excluding carboxylic acids is 1. The van der Waals surface area contributed by atoms with Crippen LogP contribution >= 0.6 is 12.4 Å². The summed E-state index contributed by atoms with van der Waals surface area (Å²) in [7, 11) is 0. The van der Waals surface area contributed by atoms with Crippen LogP contribution in [0.1, 0.15) is 6.92 Å². The second kappa shape index (κ2) is 6.97. The molecule has 1 atom stereocenters. The van der Waals surface area contributed by atoms with Crippen LogP contribution in [0, 0.1) is 0 Å². The molecule has 13 heavy (non-hydrogen) atoms. The van der Waals surface area contributed by atoms with Crippen molar-refractivity contribution in [2.24, 2.45) is 5.73 Å². The molecular weight excluding hydrogens is 209 g/mol. The van der Waals surface area contributed by atoms with E-state index in [2.05, 4.69) is 0 Å². The lowest BCUT2D eigenvalue weighted by molar-refractivity contribution is -0.142. The lowest BCUT2D eigenvalue weighted by atomic mass is 10.4. The van der Waals surface area contributed by atoms with Crippen molar-refractivity contribution in [2.45, 2.75) is 19.6 Å². The predicted octanol–water partition coefficient (Wildman–Crippen LogP) is 0.776. The minimum absolute atomic E-state index is 0. The molecule has 0 aliphatic rings. The molecule has 0 rings (SSSR count). The molecule has 0 spiro atoms. The molecule has 2 N–H and O–H groups in total. The largest absolute Gasteiger partial charge is 0.322 e. The van der Waals surface area contributed by atoms with Crippen LogP contribution < -0.4 is 5.73 Å². The van der Waals surface area contributed by atoms with Gasteiger partial charge in [0.15, 0.2) is 0 Å². The molecular formula is C6H12ClF3N2O. The molecule has 0 heterocycles. The quantitative estimate of drug-likeness (QED) is 0.712. The van der Waals surface area contributed by atoms with Gasteiger partial charge in [-0.25, -0.2) is 13.2 Å². The molecule has 0 aromatic rings. The SMILES string of the molecule is CCN(C(=O)CN)C(F)C(F)F.Cl. The highest BCUT2D eigenvalue weighted by Gasteiger charge is 2.28. The first-order valence-electron chi connectivity index (χ1n) is 3.46. The smallest absolute Gasteiger partial charge is 0.287 e. The minimum Gasteiger partial charge on any atom is -0.322 e. The summed E-state index contributed by atoms with van der Waals surface area (Å²) >= 11 is 0. The van der Waals surface area contributed by atoms with Gasteiger partial charge in [-0.05, 0) is 6.92 Å². The lowest BCUT2D eigenvalue weighted by Crippen LogP contribution is -2.44. The first kappa shape index (κ1) is 15.0. The number of halogens is 4. The van der Waals surface area contributed by atoms with E-state index in [0.717, 1.165) is 0 Å². The summed E-state index contributed by atoms with van der Waals surface area (Å²) in [6.45, 7) is 0.838. The summed E-state index contributed by atoms with van der Waals surface area (Å²) in [5.74, 6) is -0.815. The molecule has 0 aliphatic heterocycles. The maximum Gasteiger partial charge on any atom is 0.287 e. The third-order valence-electron chi connectivity index (χ3n) is 1.34. The molecule has 7 heteroatoms. The average molecular weight is 221 g/mol. The van der Waals surface area contributed by atoms with Crippen molar-refractivity contribution in [2.75, 3.05) is 13.1 Å². The van der Waals surface area contributed by atoms with Crippen LogP contribution in [-0.2, 0) is 4.79 Å². The van der Waals surface area contributed by atoms with Crippen molar-refractivity contribution >= 4 is 18.3 Å². The van der Waals surface area contributed by atoms with E-state index < -0.39 is 25.2 Å². The van der Waals surface area contributed by atoms with E-state index in [1.54, 1.807) is 0 Å². The van der Waals surface area contributed by atoms with Crippen LogP contribution in [0.15, 0.2) is 0 Å². The Hall–Kier alpha value is -0.490. The predicted molar refractivity (Wildman–Crippen MR) is 44.6 cm³/mol. The van der Waals surface area contributed by atoms with Gasteiger partial charge in [0.1, 0.15) is 0 Å². The molecule has 1 unspecified atom stereocenters. The molecule has 0 radical (unpaired) electrons. The highest BCUT2D eigenvalue weighted by molar-refractivity contribution is 5.85. The first-order valence-corrected chi connectivity index (χ1v) is 3.46. The lowest BCUT2D eigenvalue weighted by Gasteiger charge is -2.23. The Balaban J connectivity index is 0. The van der Waals surface area contributed by atoms with Gasteiger partial charge in [0, 0.05) is 6.54 Å². The van der Waals surface area contributed by atoms with Crippen LogP contribution in [0.3, 0.4) is 0 Å². The Bertz CT molecular complexity index is 159. The molecule has 0 fully saturated rings. The van der Waals surface area contributed by atoms with Gasteiger partial charge in [-0.3, -0.25) is 4.79 Å². The van der Waals surface area contributed by atoms with Crippen molar-refractivity contribution in [1.82, 2.24) is 4.90 Å². The van der Waals surface area contributed by atoms with Crippen LogP contribution in [0.2, 0.25) is 0 Å². The van der Waals surface area contributed by atoms with Gasteiger partial charge in [-0.2, -0.15) is 0 Å². The van der Waals surface area contributed by atoms with E-state index in [1.807, 2.05) is 0 Å². The van der Waals surface area contributed by atoms with Crippen LogP contribution in [0.5, 0.6) is 0 Å². The van der Waals surface area contributed by atoms with Gasteiger partial charge in [0.2, 0.25) is 12.2 Å². The van der Waals surface area contributed by atoms with Gasteiger partial charge in [-0.1, -0.05) is 0 Å². The van der Waals surface area contributed by atoms with Gasteiger partial charge in [0.05, 0.1) is 6.54 Å². The van der Waals surface area contributed by atoms with E-state index in [4.69, 9.17) is 5.73 Å². The van der Waals surface area contributed by atoms with Crippen LogP contribution in [-0.4, -0.2) is 36.6 Å². The number of nitrogens with two attached hydrogens (primary N) is 1. The zero-order chi connectivity index (χ0) is 9.72. The Morgan fingerprint density at radius 1 is 1.46 bits per heavy atom. The summed E-state index contributed by atoms with van der Waals surface area (Å²) in [5, 5.41) is 0. The summed E-state index contributed by atoms with van der Waals surface area (Å²) in [5.41, 5.74) is 4.88. The Morgan fingerprint density at radius 3 is 2.15 bits per heavy atom. The maximum absolute atomic E-state index is 12.5. The number of alkyl halides is 3. The van der Waals surface area contributed by atoms with Crippen molar-refractivity contribution in [3.8, 4) is 0 Å². The summed E-state index contributed by atoms with van der Waals surface area (Å²) < 4.78 is 36.0. The van der Waals surface area contributed by atoms with E-state index in [-0.39, 0.29) is 19.0 Å². The molecule has 3 nitrogen and oxygen atoms in total. The Labute approximate surface area is 80.5 Å². The van der Waals surface area contributed by atoms with Crippen molar-refractivity contribution < 1.29 is 18.0 Å². The maximum atomic E-state index is 12.5. The summed E-state index contributed by atoms with van der Waals surface area (Å²) in [6.07, 6.45) is -5.73. The molecule has 0 aromatic carbocycles. The summed E-state index contributed by atoms with van der Waals surface area (Å²) in [4.78, 5) is 11.1. The Morgan fingerprint density at radius 2 is 1.92 bits per heavy atom. The number of hydrogen-bond acceptors (Lipinski definition) is 2. The number of carbonyl (C=O) groups is 1. The molecule has 80 valence electrons. The van der Waals surface area contributed by atoms with Crippen molar-refractivity contribution in [3.63, 3.8) is 0 Å². The van der Waals surface area contributed by atoms with Gasteiger partial charge in [0.25, 0.3) is 6.43 Å². The Kier molecular flexibility index (Phi) is 8.04. The van der Waals surface area contributed by atoms with Crippen LogP contribution in [0.4, 0.5) is 13.2 Å². The summed E-state index contributed by atoms with van der Waals surface area (Å²) in [6, 6.07) is 0. The molecule has 0 saturated carbocycles. The zero-order valence-electron chi connectivity index (χ0n) is 7.04. The third-order valence-corrected chi connectivity index (χ3v) is 1.34. The van der Waals surface area contributed by atoms with Gasteiger partial charge in [-0.15, -0.1) is 12.4 Å². The molecule has 0 saturated heterocycles. The first-order chi connectivity index (χ1) is 5.54. The monoisotopic (exact) mass is 220 g/mol. The molecule has 1 amide bonds. The zero-order valence-corrected chi connectivity index (χ0v) is 7.86. The second-order valence-corrected chi connectivity index (χ2v) is 2.09. The average Bonchev–Trinajstić information content (AvgIpc) is 2.05. The molecule has 0 aromatic heterocycles. The second-order valence-electron chi connectivity index (χ2n) is 2.09. The highest BCUT2D eigenvalue weighted by Crippen LogP contribution is 2.10. The number of nitrogens with zero attached hydrogens (tertiary/aromatic N) is 1. The normalized spacial score (nSPS) is 12.2. The standard InChI is InChI=1S/C6H11F3N2O.ClH/c1-2-11(4(12)3-10)6(9)5(7)8;/h5-6H,2-3,10H2,1H3;1H. The topological polar surface area (TPSA) is 46.3 Å². The number of likely N-dealkylation sites (N-methyl/N-ethyl adjacent to an activating group) is 1. The highest BCUT2D eigenvalue weighted by atomic mass is 35.5. The van der Waals surface area contributed by atoms with E-state index in [9.17, 15) is 18.0 Å². The number of rotatable bonds is 4. The fourth-order valence-corrected chi connectivity index (χ4v) is 0.742. The number of amides is 1. The number of hydrogen-bond donors (Lipinski definition) is 1.